The van der Waals surface area contributed by atoms with Gasteiger partial charge in [0.15, 0.2) is 0 Å². The summed E-state index contributed by atoms with van der Waals surface area (Å²) in [7, 11) is 0. The van der Waals surface area contributed by atoms with E-state index in [1.54, 1.807) is 12.1 Å². The zero-order chi connectivity index (χ0) is 16.2. The molecule has 0 aliphatic carbocycles. The molecule has 2 saturated heterocycles. The first-order chi connectivity index (χ1) is 11.2. The van der Waals surface area contributed by atoms with Gasteiger partial charge in [0.05, 0.1) is 0 Å². The first-order valence-electron chi connectivity index (χ1n) is 8.35. The minimum Gasteiger partial charge on any atom is -0.335 e. The second-order valence-corrected chi connectivity index (χ2v) is 6.94. The van der Waals surface area contributed by atoms with Crippen molar-refractivity contribution in [2.75, 3.05) is 11.9 Å². The van der Waals surface area contributed by atoms with Crippen molar-refractivity contribution in [3.63, 3.8) is 0 Å². The predicted octanol–water partition coefficient (Wildman–Crippen LogP) is 4.03. The van der Waals surface area contributed by atoms with Crippen molar-refractivity contribution in [1.82, 2.24) is 10.2 Å². The van der Waals surface area contributed by atoms with E-state index < -0.39 is 0 Å². The van der Waals surface area contributed by atoms with E-state index in [0.717, 1.165) is 25.1 Å². The van der Waals surface area contributed by atoms with E-state index in [2.05, 4.69) is 22.1 Å². The number of nitrogens with zero attached hydrogens (tertiary/aromatic N) is 1. The number of urea groups is 1. The molecule has 4 nitrogen and oxygen atoms in total. The van der Waals surface area contributed by atoms with Gasteiger partial charge in [-0.1, -0.05) is 30.2 Å². The van der Waals surface area contributed by atoms with Crippen LogP contribution in [0.3, 0.4) is 0 Å². The summed E-state index contributed by atoms with van der Waals surface area (Å²) in [5.74, 6) is 0. The minimum absolute atomic E-state index is 0.146. The molecule has 2 bridgehead atoms. The quantitative estimate of drug-likeness (QED) is 0.817. The number of hydrogen-bond acceptors (Lipinski definition) is 2. The molecule has 0 saturated carbocycles. The zero-order valence-corrected chi connectivity index (χ0v) is 14.1. The van der Waals surface area contributed by atoms with E-state index in [1.807, 2.05) is 18.2 Å². The largest absolute Gasteiger partial charge is 0.335 e. The lowest BCUT2D eigenvalue weighted by Gasteiger charge is -2.48. The lowest BCUT2D eigenvalue weighted by Crippen LogP contribution is -2.57. The van der Waals surface area contributed by atoms with Crippen LogP contribution >= 0.6 is 11.6 Å². The molecule has 2 heterocycles. The number of anilines is 1. The summed E-state index contributed by atoms with van der Waals surface area (Å²) in [5, 5.41) is 6.62. The molecule has 2 fully saturated rings. The summed E-state index contributed by atoms with van der Waals surface area (Å²) in [4.78, 5) is 14.8. The number of fused-ring (bicyclic) bond motifs is 2. The highest BCUT2D eigenvalue weighted by atomic mass is 35.5. The van der Waals surface area contributed by atoms with Gasteiger partial charge in [0.25, 0.3) is 0 Å². The number of rotatable bonds is 4. The Morgan fingerprint density at radius 1 is 1.35 bits per heavy atom. The van der Waals surface area contributed by atoms with Crippen molar-refractivity contribution in [2.45, 2.75) is 50.2 Å². The van der Waals surface area contributed by atoms with Crippen molar-refractivity contribution in [1.29, 1.82) is 0 Å². The Labute approximate surface area is 142 Å². The molecular formula is C18H24ClN3O. The van der Waals surface area contributed by atoms with Crippen LogP contribution in [0.1, 0.15) is 32.1 Å². The van der Waals surface area contributed by atoms with Gasteiger partial charge >= 0.3 is 6.03 Å². The SMILES string of the molecule is C=CCN1[C@H]2CCC[C@H]1CC(NC(=O)Nc1cccc(Cl)c1)C2. The highest BCUT2D eigenvalue weighted by Gasteiger charge is 2.37. The Bertz CT molecular complexity index is 563. The van der Waals surface area contributed by atoms with E-state index in [4.69, 9.17) is 11.6 Å². The molecule has 2 N–H and O–H groups in total. The summed E-state index contributed by atoms with van der Waals surface area (Å²) >= 11 is 5.95. The summed E-state index contributed by atoms with van der Waals surface area (Å²) in [5.41, 5.74) is 0.722. The first-order valence-corrected chi connectivity index (χ1v) is 8.73. The Balaban J connectivity index is 1.56. The van der Waals surface area contributed by atoms with Gasteiger partial charge in [-0.05, 0) is 43.9 Å². The molecule has 2 amide bonds. The van der Waals surface area contributed by atoms with E-state index in [0.29, 0.717) is 17.1 Å². The van der Waals surface area contributed by atoms with Crippen LogP contribution in [0.25, 0.3) is 0 Å². The van der Waals surface area contributed by atoms with Crippen molar-refractivity contribution in [3.05, 3.63) is 41.9 Å². The smallest absolute Gasteiger partial charge is 0.319 e. The van der Waals surface area contributed by atoms with Gasteiger partial charge in [0.2, 0.25) is 0 Å². The van der Waals surface area contributed by atoms with Crippen molar-refractivity contribution in [3.8, 4) is 0 Å². The fourth-order valence-corrected chi connectivity index (χ4v) is 4.15. The topological polar surface area (TPSA) is 44.4 Å². The molecule has 0 spiro atoms. The number of piperidine rings is 2. The van der Waals surface area contributed by atoms with Gasteiger partial charge < -0.3 is 10.6 Å². The number of carbonyl (C=O) groups excluding carboxylic acids is 1. The number of benzene rings is 1. The monoisotopic (exact) mass is 333 g/mol. The fraction of sp³-hybridized carbons (Fsp3) is 0.500. The number of carbonyl (C=O) groups is 1. The maximum absolute atomic E-state index is 12.2. The zero-order valence-electron chi connectivity index (χ0n) is 13.3. The van der Waals surface area contributed by atoms with Crippen LogP contribution in [-0.2, 0) is 0 Å². The molecule has 0 unspecified atom stereocenters. The summed E-state index contributed by atoms with van der Waals surface area (Å²) < 4.78 is 0. The van der Waals surface area contributed by atoms with Crippen LogP contribution in [0.5, 0.6) is 0 Å². The number of halogens is 1. The minimum atomic E-state index is -0.146. The average molecular weight is 334 g/mol. The Hall–Kier alpha value is -1.52. The molecular weight excluding hydrogens is 310 g/mol. The summed E-state index contributed by atoms with van der Waals surface area (Å²) in [6.45, 7) is 4.83. The normalized spacial score (nSPS) is 27.3. The Morgan fingerprint density at radius 2 is 2.09 bits per heavy atom. The Kier molecular flexibility index (Phi) is 5.23. The maximum Gasteiger partial charge on any atom is 0.319 e. The molecule has 23 heavy (non-hydrogen) atoms. The third-order valence-electron chi connectivity index (χ3n) is 4.88. The van der Waals surface area contributed by atoms with Crippen LogP contribution in [-0.4, -0.2) is 35.6 Å². The van der Waals surface area contributed by atoms with Crippen molar-refractivity contribution >= 4 is 23.3 Å². The number of amides is 2. The van der Waals surface area contributed by atoms with E-state index >= 15 is 0 Å². The first kappa shape index (κ1) is 16.3. The fourth-order valence-electron chi connectivity index (χ4n) is 3.96. The van der Waals surface area contributed by atoms with Gasteiger partial charge in [0, 0.05) is 35.4 Å². The average Bonchev–Trinajstić information content (AvgIpc) is 2.48. The molecule has 0 radical (unpaired) electrons. The molecule has 124 valence electrons. The molecule has 1 aromatic rings. The number of nitrogens with one attached hydrogen (secondary N) is 2. The standard InChI is InChI=1S/C18H24ClN3O/c1-2-9-22-16-7-4-8-17(22)12-15(11-16)21-18(23)20-14-6-3-5-13(19)10-14/h2-3,5-6,10,15-17H,1,4,7-9,11-12H2,(H2,20,21,23)/t16-,17-/m0/s1. The van der Waals surface area contributed by atoms with Crippen LogP contribution in [0.2, 0.25) is 5.02 Å². The van der Waals surface area contributed by atoms with Gasteiger partial charge in [-0.15, -0.1) is 6.58 Å². The molecule has 5 heteroatoms. The van der Waals surface area contributed by atoms with Crippen molar-refractivity contribution < 1.29 is 4.79 Å². The van der Waals surface area contributed by atoms with E-state index in [9.17, 15) is 4.79 Å². The van der Waals surface area contributed by atoms with Crippen LogP contribution in [0.15, 0.2) is 36.9 Å². The number of hydrogen-bond donors (Lipinski definition) is 2. The van der Waals surface area contributed by atoms with Crippen LogP contribution in [0.4, 0.5) is 10.5 Å². The van der Waals surface area contributed by atoms with E-state index in [1.165, 1.54) is 19.3 Å². The molecule has 2 aliphatic heterocycles. The molecule has 1 aromatic carbocycles. The highest BCUT2D eigenvalue weighted by Crippen LogP contribution is 2.33. The lowest BCUT2D eigenvalue weighted by molar-refractivity contribution is 0.0375. The predicted molar refractivity (Wildman–Crippen MR) is 95.0 cm³/mol. The molecule has 0 aromatic heterocycles. The second-order valence-electron chi connectivity index (χ2n) is 6.50. The third kappa shape index (κ3) is 4.06. The molecule has 3 rings (SSSR count). The summed E-state index contributed by atoms with van der Waals surface area (Å²) in [6, 6.07) is 8.44. The lowest BCUT2D eigenvalue weighted by atomic mass is 9.82. The van der Waals surface area contributed by atoms with Crippen LogP contribution in [0, 0.1) is 0 Å². The Morgan fingerprint density at radius 3 is 2.74 bits per heavy atom. The third-order valence-corrected chi connectivity index (χ3v) is 5.12. The van der Waals surface area contributed by atoms with Gasteiger partial charge in [0.1, 0.15) is 0 Å². The van der Waals surface area contributed by atoms with E-state index in [-0.39, 0.29) is 12.1 Å². The second kappa shape index (κ2) is 7.37. The van der Waals surface area contributed by atoms with Gasteiger partial charge in [-0.25, -0.2) is 4.79 Å². The maximum atomic E-state index is 12.2. The van der Waals surface area contributed by atoms with Crippen LogP contribution < -0.4 is 10.6 Å². The molecule has 2 atom stereocenters. The molecule has 2 aliphatic rings. The van der Waals surface area contributed by atoms with Gasteiger partial charge in [-0.2, -0.15) is 0 Å². The van der Waals surface area contributed by atoms with Gasteiger partial charge in [-0.3, -0.25) is 4.90 Å². The highest BCUT2D eigenvalue weighted by molar-refractivity contribution is 6.30. The summed E-state index contributed by atoms with van der Waals surface area (Å²) in [6.07, 6.45) is 7.77. The van der Waals surface area contributed by atoms with Crippen molar-refractivity contribution in [2.24, 2.45) is 0 Å².